The predicted octanol–water partition coefficient (Wildman–Crippen LogP) is -4.08. The summed E-state index contributed by atoms with van der Waals surface area (Å²) in [6, 6.07) is -5.59. The minimum Gasteiger partial charge on any atom is -0.480 e. The minimum atomic E-state index is -1.67. The Morgan fingerprint density at radius 2 is 1.18 bits per heavy atom. The zero-order valence-electron chi connectivity index (χ0n) is 19.0. The van der Waals surface area contributed by atoms with Crippen molar-refractivity contribution in [3.63, 3.8) is 0 Å². The van der Waals surface area contributed by atoms with E-state index in [9.17, 15) is 38.7 Å². The molecular weight excluding hydrogens is 454 g/mol. The van der Waals surface area contributed by atoms with Crippen LogP contribution in [0.25, 0.3) is 0 Å². The van der Waals surface area contributed by atoms with Gasteiger partial charge in [0.2, 0.25) is 35.4 Å². The third-order valence-corrected chi connectivity index (χ3v) is 4.43. The summed E-state index contributed by atoms with van der Waals surface area (Å²) in [5.74, 6) is -6.91. The standard InChI is InChI=1S/C19H33N7O8/c1-8(2)5-11(25-16(30)9(20)6-14(22)28)18(32)24-10(3-4-13(21)27)17(31)26-12(19(33)34)7-15(23)29/h8-12H,3-7,20H2,1-2H3,(H2,21,27)(H2,22,28)(H2,23,29)(H,24,32)(H,25,30)(H,26,31)(H,33,34). The van der Waals surface area contributed by atoms with Crippen LogP contribution >= 0.6 is 0 Å². The molecule has 0 aromatic heterocycles. The van der Waals surface area contributed by atoms with Gasteiger partial charge in [-0.25, -0.2) is 4.79 Å². The molecule has 0 saturated heterocycles. The van der Waals surface area contributed by atoms with E-state index in [2.05, 4.69) is 16.0 Å². The number of nitrogens with two attached hydrogens (primary N) is 4. The molecule has 0 fully saturated rings. The van der Waals surface area contributed by atoms with Crippen molar-refractivity contribution in [2.45, 2.75) is 70.1 Å². The van der Waals surface area contributed by atoms with Gasteiger partial charge in [0.05, 0.1) is 18.9 Å². The summed E-state index contributed by atoms with van der Waals surface area (Å²) in [6.45, 7) is 3.52. The number of nitrogens with one attached hydrogen (secondary N) is 3. The molecular formula is C19H33N7O8. The van der Waals surface area contributed by atoms with E-state index in [0.29, 0.717) is 0 Å². The summed E-state index contributed by atoms with van der Waals surface area (Å²) >= 11 is 0. The highest BCUT2D eigenvalue weighted by Gasteiger charge is 2.31. The molecule has 0 aliphatic rings. The number of carboxylic acids is 1. The second-order valence-electron chi connectivity index (χ2n) is 8.10. The molecule has 15 nitrogen and oxygen atoms in total. The lowest BCUT2D eigenvalue weighted by molar-refractivity contribution is -0.144. The van der Waals surface area contributed by atoms with Crippen molar-refractivity contribution < 1.29 is 38.7 Å². The van der Waals surface area contributed by atoms with Gasteiger partial charge in [-0.2, -0.15) is 0 Å². The van der Waals surface area contributed by atoms with Crippen molar-refractivity contribution in [2.75, 3.05) is 0 Å². The number of rotatable bonds is 16. The average Bonchev–Trinajstić information content (AvgIpc) is 2.68. The fraction of sp³-hybridized carbons (Fsp3) is 0.632. The second kappa shape index (κ2) is 14.4. The molecule has 15 heteroatoms. The fourth-order valence-electron chi connectivity index (χ4n) is 2.79. The maximum Gasteiger partial charge on any atom is 0.326 e. The van der Waals surface area contributed by atoms with Gasteiger partial charge in [-0.3, -0.25) is 28.8 Å². The van der Waals surface area contributed by atoms with Crippen LogP contribution in [0.3, 0.4) is 0 Å². The molecule has 0 radical (unpaired) electrons. The summed E-state index contributed by atoms with van der Waals surface area (Å²) in [7, 11) is 0. The molecule has 0 aliphatic heterocycles. The van der Waals surface area contributed by atoms with Crippen molar-refractivity contribution in [1.29, 1.82) is 0 Å². The number of carbonyl (C=O) groups is 7. The predicted molar refractivity (Wildman–Crippen MR) is 117 cm³/mol. The maximum absolute atomic E-state index is 12.9. The summed E-state index contributed by atoms with van der Waals surface area (Å²) in [5, 5.41) is 16.0. The highest BCUT2D eigenvalue weighted by atomic mass is 16.4. The zero-order valence-corrected chi connectivity index (χ0v) is 19.0. The van der Waals surface area contributed by atoms with E-state index in [4.69, 9.17) is 22.9 Å². The molecule has 0 heterocycles. The van der Waals surface area contributed by atoms with E-state index in [1.54, 1.807) is 13.8 Å². The topological polar surface area (TPSA) is 280 Å². The first-order valence-corrected chi connectivity index (χ1v) is 10.4. The molecule has 4 atom stereocenters. The number of amides is 6. The number of hydrogen-bond acceptors (Lipinski definition) is 8. The molecule has 0 saturated carbocycles. The van der Waals surface area contributed by atoms with Crippen LogP contribution in [-0.4, -0.2) is 70.7 Å². The molecule has 0 aromatic carbocycles. The number of hydrogen-bond donors (Lipinski definition) is 8. The fourth-order valence-corrected chi connectivity index (χ4v) is 2.79. The lowest BCUT2D eigenvalue weighted by Gasteiger charge is -2.25. The van der Waals surface area contributed by atoms with Gasteiger partial charge in [0.25, 0.3) is 0 Å². The van der Waals surface area contributed by atoms with Gasteiger partial charge in [0.1, 0.15) is 18.1 Å². The first kappa shape index (κ1) is 30.2. The first-order valence-electron chi connectivity index (χ1n) is 10.4. The van der Waals surface area contributed by atoms with Crippen LogP contribution in [0.15, 0.2) is 0 Å². The molecule has 34 heavy (non-hydrogen) atoms. The van der Waals surface area contributed by atoms with Crippen LogP contribution in [0.2, 0.25) is 0 Å². The van der Waals surface area contributed by atoms with E-state index >= 15 is 0 Å². The van der Waals surface area contributed by atoms with Crippen molar-refractivity contribution in [3.05, 3.63) is 0 Å². The van der Waals surface area contributed by atoms with Crippen LogP contribution in [0.5, 0.6) is 0 Å². The Labute approximate surface area is 195 Å². The molecule has 0 rings (SSSR count). The largest absolute Gasteiger partial charge is 0.480 e. The van der Waals surface area contributed by atoms with E-state index in [1.807, 2.05) is 0 Å². The Balaban J connectivity index is 5.61. The van der Waals surface area contributed by atoms with Gasteiger partial charge in [0.15, 0.2) is 0 Å². The van der Waals surface area contributed by atoms with Gasteiger partial charge in [-0.1, -0.05) is 13.8 Å². The van der Waals surface area contributed by atoms with E-state index in [-0.39, 0.29) is 25.2 Å². The van der Waals surface area contributed by atoms with Crippen LogP contribution in [0.4, 0.5) is 0 Å². The lowest BCUT2D eigenvalue weighted by atomic mass is 10.0. The quantitative estimate of drug-likeness (QED) is 0.105. The maximum atomic E-state index is 12.9. The number of aliphatic carboxylic acids is 1. The minimum absolute atomic E-state index is 0.103. The Kier molecular flexibility index (Phi) is 12.8. The summed E-state index contributed by atoms with van der Waals surface area (Å²) in [6.07, 6.45) is -1.68. The Hall–Kier alpha value is -3.75. The molecule has 4 unspecified atom stereocenters. The third-order valence-electron chi connectivity index (χ3n) is 4.43. The molecule has 0 bridgehead atoms. The van der Waals surface area contributed by atoms with Crippen molar-refractivity contribution in [2.24, 2.45) is 28.9 Å². The van der Waals surface area contributed by atoms with Gasteiger partial charge >= 0.3 is 5.97 Å². The third kappa shape index (κ3) is 12.3. The van der Waals surface area contributed by atoms with E-state index < -0.39 is 78.4 Å². The molecule has 0 spiro atoms. The van der Waals surface area contributed by atoms with Gasteiger partial charge in [-0.15, -0.1) is 0 Å². The average molecular weight is 488 g/mol. The summed E-state index contributed by atoms with van der Waals surface area (Å²) in [5.41, 5.74) is 20.7. The SMILES string of the molecule is CC(C)CC(NC(=O)C(N)CC(N)=O)C(=O)NC(CCC(N)=O)C(=O)NC(CC(N)=O)C(=O)O. The highest BCUT2D eigenvalue weighted by Crippen LogP contribution is 2.08. The molecule has 192 valence electrons. The van der Waals surface area contributed by atoms with E-state index in [0.717, 1.165) is 0 Å². The van der Waals surface area contributed by atoms with Gasteiger partial charge in [0, 0.05) is 6.42 Å². The van der Waals surface area contributed by atoms with E-state index in [1.165, 1.54) is 0 Å². The molecule has 6 amide bonds. The first-order chi connectivity index (χ1) is 15.6. The number of carboxylic acid groups (broad SMARTS) is 1. The smallest absolute Gasteiger partial charge is 0.326 e. The molecule has 12 N–H and O–H groups in total. The van der Waals surface area contributed by atoms with Crippen molar-refractivity contribution in [3.8, 4) is 0 Å². The Bertz CT molecular complexity index is 802. The Morgan fingerprint density at radius 3 is 1.62 bits per heavy atom. The normalized spacial score (nSPS) is 14.2. The van der Waals surface area contributed by atoms with Crippen LogP contribution in [-0.2, 0) is 33.6 Å². The monoisotopic (exact) mass is 487 g/mol. The number of primary amides is 3. The van der Waals surface area contributed by atoms with Crippen molar-refractivity contribution in [1.82, 2.24) is 16.0 Å². The zero-order chi connectivity index (χ0) is 26.6. The summed E-state index contributed by atoms with van der Waals surface area (Å²) < 4.78 is 0. The van der Waals surface area contributed by atoms with Crippen LogP contribution in [0, 0.1) is 5.92 Å². The second-order valence-corrected chi connectivity index (χ2v) is 8.10. The summed E-state index contributed by atoms with van der Waals surface area (Å²) in [4.78, 5) is 82.3. The van der Waals surface area contributed by atoms with Crippen LogP contribution < -0.4 is 38.9 Å². The van der Waals surface area contributed by atoms with Gasteiger partial charge in [-0.05, 0) is 18.8 Å². The Morgan fingerprint density at radius 1 is 0.706 bits per heavy atom. The van der Waals surface area contributed by atoms with Crippen molar-refractivity contribution >= 4 is 41.4 Å². The molecule has 0 aromatic rings. The van der Waals surface area contributed by atoms with Gasteiger partial charge < -0.3 is 44.0 Å². The van der Waals surface area contributed by atoms with Crippen LogP contribution in [0.1, 0.15) is 46.0 Å². The number of carbonyl (C=O) groups excluding carboxylic acids is 6. The highest BCUT2D eigenvalue weighted by molar-refractivity contribution is 5.95. The molecule has 0 aliphatic carbocycles. The lowest BCUT2D eigenvalue weighted by Crippen LogP contribution is -2.57.